The summed E-state index contributed by atoms with van der Waals surface area (Å²) in [6, 6.07) is 9.00. The summed E-state index contributed by atoms with van der Waals surface area (Å²) in [5.74, 6) is -18.2. The lowest BCUT2D eigenvalue weighted by Gasteiger charge is -2.09. The smallest absolute Gasteiger partial charge is 0.258 e. The Balaban J connectivity index is 1.46. The second-order valence-electron chi connectivity index (χ2n) is 8.25. The van der Waals surface area contributed by atoms with Crippen molar-refractivity contribution in [2.24, 2.45) is 0 Å². The minimum absolute atomic E-state index is 0.0479. The number of fused-ring (bicyclic) bond motifs is 3. The van der Waals surface area contributed by atoms with E-state index < -0.39 is 69.5 Å². The summed E-state index contributed by atoms with van der Waals surface area (Å²) in [5.41, 5.74) is -1.01. The zero-order chi connectivity index (χ0) is 28.2. The third-order valence-electron chi connectivity index (χ3n) is 5.81. The van der Waals surface area contributed by atoms with E-state index in [0.717, 1.165) is 0 Å². The third-order valence-corrected chi connectivity index (χ3v) is 5.81. The molecule has 0 saturated heterocycles. The molecule has 1 heterocycles. The Bertz CT molecular complexity index is 1720. The maximum Gasteiger partial charge on any atom is 0.258 e. The summed E-state index contributed by atoms with van der Waals surface area (Å²) >= 11 is 0. The van der Waals surface area contributed by atoms with Crippen molar-refractivity contribution < 1.29 is 44.7 Å². The number of rotatable bonds is 4. The molecular formula is C26H11F8N3O2. The Morgan fingerprint density at radius 3 is 1.28 bits per heavy atom. The summed E-state index contributed by atoms with van der Waals surface area (Å²) in [6.07, 6.45) is 0. The number of halogens is 8. The number of H-pyrrole nitrogens is 1. The lowest BCUT2D eigenvalue weighted by molar-refractivity contribution is 0.101. The summed E-state index contributed by atoms with van der Waals surface area (Å²) < 4.78 is 108. The summed E-state index contributed by atoms with van der Waals surface area (Å²) in [7, 11) is 0. The van der Waals surface area contributed by atoms with E-state index in [2.05, 4.69) is 15.6 Å². The quantitative estimate of drug-likeness (QED) is 0.129. The van der Waals surface area contributed by atoms with Crippen LogP contribution in [-0.4, -0.2) is 16.8 Å². The first-order valence-electron chi connectivity index (χ1n) is 10.8. The van der Waals surface area contributed by atoms with Crippen molar-refractivity contribution in [1.29, 1.82) is 0 Å². The van der Waals surface area contributed by atoms with Crippen molar-refractivity contribution in [3.8, 4) is 0 Å². The van der Waals surface area contributed by atoms with Crippen LogP contribution >= 0.6 is 0 Å². The molecule has 0 spiro atoms. The van der Waals surface area contributed by atoms with Crippen LogP contribution in [0.5, 0.6) is 0 Å². The van der Waals surface area contributed by atoms with Gasteiger partial charge in [-0.05, 0) is 48.5 Å². The van der Waals surface area contributed by atoms with E-state index in [9.17, 15) is 44.7 Å². The molecular weight excluding hydrogens is 538 g/mol. The number of aromatic nitrogens is 1. The standard InChI is InChI=1S/C26H11F8N3O2/c27-15-7-13(19(29)23(33)21(15)31)25(38)35-9-1-3-17-11(5-9)12-6-10(2-4-18(12)37-17)36-26(39)14-8-16(28)22(32)24(34)20(14)30/h1-8,37H,(H,35,38)(H,36,39). The number of carbonyl (C=O) groups is 2. The largest absolute Gasteiger partial charge is 0.355 e. The van der Waals surface area contributed by atoms with Crippen molar-refractivity contribution in [2.45, 2.75) is 0 Å². The molecule has 0 atom stereocenters. The van der Waals surface area contributed by atoms with Crippen LogP contribution in [0.1, 0.15) is 20.7 Å². The lowest BCUT2D eigenvalue weighted by Crippen LogP contribution is -2.16. The Kier molecular flexibility index (Phi) is 6.21. The molecule has 0 radical (unpaired) electrons. The number of hydrogen-bond donors (Lipinski definition) is 3. The molecule has 5 rings (SSSR count). The van der Waals surface area contributed by atoms with Crippen LogP contribution < -0.4 is 10.6 Å². The second kappa shape index (κ2) is 9.42. The molecule has 4 aromatic carbocycles. The van der Waals surface area contributed by atoms with E-state index in [4.69, 9.17) is 0 Å². The van der Waals surface area contributed by atoms with E-state index >= 15 is 0 Å². The number of anilines is 2. The molecule has 0 aliphatic heterocycles. The van der Waals surface area contributed by atoms with Crippen LogP contribution in [0.25, 0.3) is 21.8 Å². The molecule has 0 aliphatic rings. The number of aromatic amines is 1. The van der Waals surface area contributed by atoms with E-state index in [0.29, 0.717) is 21.8 Å². The normalized spacial score (nSPS) is 11.3. The van der Waals surface area contributed by atoms with Crippen molar-refractivity contribution in [3.63, 3.8) is 0 Å². The molecule has 13 heteroatoms. The SMILES string of the molecule is O=C(Nc1ccc2[nH]c3ccc(NC(=O)c4cc(F)c(F)c(F)c4F)cc3c2c1)c1cc(F)c(F)c(F)c1F. The van der Waals surface area contributed by atoms with Crippen LogP contribution in [0.2, 0.25) is 0 Å². The topological polar surface area (TPSA) is 74.0 Å². The predicted octanol–water partition coefficient (Wildman–Crippen LogP) is 6.94. The molecule has 0 bridgehead atoms. The minimum Gasteiger partial charge on any atom is -0.355 e. The number of hydrogen-bond acceptors (Lipinski definition) is 2. The van der Waals surface area contributed by atoms with E-state index in [-0.39, 0.29) is 23.5 Å². The van der Waals surface area contributed by atoms with Crippen LogP contribution in [0, 0.1) is 46.5 Å². The average Bonchev–Trinajstić information content (AvgIpc) is 3.27. The highest BCUT2D eigenvalue weighted by Gasteiger charge is 2.24. The molecule has 5 aromatic rings. The Hall–Kier alpha value is -4.94. The molecule has 0 fully saturated rings. The number of amides is 2. The van der Waals surface area contributed by atoms with Crippen LogP contribution in [0.15, 0.2) is 48.5 Å². The molecule has 0 saturated carbocycles. The van der Waals surface area contributed by atoms with E-state index in [1.165, 1.54) is 36.4 Å². The van der Waals surface area contributed by atoms with Crippen molar-refractivity contribution in [3.05, 3.63) is 106 Å². The van der Waals surface area contributed by atoms with Crippen LogP contribution in [0.3, 0.4) is 0 Å². The minimum atomic E-state index is -2.15. The van der Waals surface area contributed by atoms with E-state index in [1.54, 1.807) is 0 Å². The molecule has 198 valence electrons. The summed E-state index contributed by atoms with van der Waals surface area (Å²) in [6.45, 7) is 0. The second-order valence-corrected chi connectivity index (χ2v) is 8.25. The molecule has 3 N–H and O–H groups in total. The summed E-state index contributed by atoms with van der Waals surface area (Å²) in [5, 5.41) is 5.36. The molecule has 39 heavy (non-hydrogen) atoms. The Labute approximate surface area is 212 Å². The highest BCUT2D eigenvalue weighted by atomic mass is 19.2. The molecule has 0 aliphatic carbocycles. The first kappa shape index (κ1) is 25.7. The first-order chi connectivity index (χ1) is 18.5. The van der Waals surface area contributed by atoms with Crippen molar-refractivity contribution in [1.82, 2.24) is 4.98 Å². The fourth-order valence-corrected chi connectivity index (χ4v) is 3.93. The monoisotopic (exact) mass is 549 g/mol. The van der Waals surface area contributed by atoms with Crippen LogP contribution in [-0.2, 0) is 0 Å². The van der Waals surface area contributed by atoms with Gasteiger partial charge >= 0.3 is 0 Å². The van der Waals surface area contributed by atoms with Gasteiger partial charge in [0.05, 0.1) is 11.1 Å². The third kappa shape index (κ3) is 4.41. The Morgan fingerprint density at radius 1 is 0.513 bits per heavy atom. The number of nitrogens with one attached hydrogen (secondary N) is 3. The average molecular weight is 549 g/mol. The lowest BCUT2D eigenvalue weighted by atomic mass is 10.1. The van der Waals surface area contributed by atoms with Gasteiger partial charge in [0.1, 0.15) is 0 Å². The van der Waals surface area contributed by atoms with Gasteiger partial charge in [-0.15, -0.1) is 0 Å². The van der Waals surface area contributed by atoms with Gasteiger partial charge in [-0.3, -0.25) is 9.59 Å². The Morgan fingerprint density at radius 2 is 0.897 bits per heavy atom. The van der Waals surface area contributed by atoms with Gasteiger partial charge in [0, 0.05) is 33.2 Å². The van der Waals surface area contributed by atoms with Gasteiger partial charge < -0.3 is 15.6 Å². The zero-order valence-electron chi connectivity index (χ0n) is 19.0. The number of carbonyl (C=O) groups excluding carboxylic acids is 2. The van der Waals surface area contributed by atoms with Gasteiger partial charge in [0.25, 0.3) is 11.8 Å². The molecule has 1 aromatic heterocycles. The molecule has 0 unspecified atom stereocenters. The first-order valence-corrected chi connectivity index (χ1v) is 10.8. The highest BCUT2D eigenvalue weighted by Crippen LogP contribution is 2.31. The fraction of sp³-hybridized carbons (Fsp3) is 0. The molecule has 5 nitrogen and oxygen atoms in total. The number of benzene rings is 4. The van der Waals surface area contributed by atoms with Gasteiger partial charge in [0.15, 0.2) is 46.5 Å². The van der Waals surface area contributed by atoms with Crippen molar-refractivity contribution in [2.75, 3.05) is 10.6 Å². The molecule has 2 amide bonds. The van der Waals surface area contributed by atoms with Gasteiger partial charge in [0.2, 0.25) is 0 Å². The van der Waals surface area contributed by atoms with Crippen molar-refractivity contribution >= 4 is 45.0 Å². The predicted molar refractivity (Wildman–Crippen MR) is 124 cm³/mol. The van der Waals surface area contributed by atoms with E-state index in [1.807, 2.05) is 0 Å². The summed E-state index contributed by atoms with van der Waals surface area (Å²) in [4.78, 5) is 27.9. The zero-order valence-corrected chi connectivity index (χ0v) is 19.0. The maximum absolute atomic E-state index is 14.0. The maximum atomic E-state index is 14.0. The van der Waals surface area contributed by atoms with Gasteiger partial charge in [-0.2, -0.15) is 0 Å². The fourth-order valence-electron chi connectivity index (χ4n) is 3.93. The highest BCUT2D eigenvalue weighted by molar-refractivity contribution is 6.12. The van der Waals surface area contributed by atoms with Gasteiger partial charge in [-0.25, -0.2) is 35.1 Å². The van der Waals surface area contributed by atoms with Gasteiger partial charge in [-0.1, -0.05) is 0 Å². The van der Waals surface area contributed by atoms with Crippen LogP contribution in [0.4, 0.5) is 46.5 Å².